The van der Waals surface area contributed by atoms with Crippen LogP contribution < -0.4 is 4.74 Å². The fourth-order valence-electron chi connectivity index (χ4n) is 3.44. The van der Waals surface area contributed by atoms with Crippen molar-refractivity contribution in [1.82, 2.24) is 9.21 Å². The Labute approximate surface area is 176 Å². The second-order valence-corrected chi connectivity index (χ2v) is 9.83. The third-order valence-corrected chi connectivity index (χ3v) is 7.68. The highest BCUT2D eigenvalue weighted by Gasteiger charge is 2.27. The molecule has 1 aliphatic heterocycles. The molecule has 0 N–H and O–H groups in total. The van der Waals surface area contributed by atoms with E-state index in [0.717, 1.165) is 36.4 Å². The zero-order chi connectivity index (χ0) is 21.0. The van der Waals surface area contributed by atoms with Crippen molar-refractivity contribution in [2.75, 3.05) is 33.5 Å². The standard InChI is InChI=1S/C21H26N2O4S2/c1-22(15-16-8-4-5-9-19(16)27-2)29(25,26)17-10-11-20(28-3)18(14-17)21(24)23-12-6-7-13-23/h4-5,8-11,14H,6-7,12-13,15H2,1-3H3. The van der Waals surface area contributed by atoms with Crippen molar-refractivity contribution in [2.45, 2.75) is 29.2 Å². The largest absolute Gasteiger partial charge is 0.496 e. The molecule has 3 rings (SSSR count). The van der Waals surface area contributed by atoms with Crippen LogP contribution in [0.4, 0.5) is 0 Å². The average Bonchev–Trinajstić information content (AvgIpc) is 3.28. The topological polar surface area (TPSA) is 66.9 Å². The summed E-state index contributed by atoms with van der Waals surface area (Å²) in [6.07, 6.45) is 3.86. The number of carbonyl (C=O) groups excluding carboxylic acids is 1. The van der Waals surface area contributed by atoms with Gasteiger partial charge >= 0.3 is 0 Å². The van der Waals surface area contributed by atoms with E-state index in [1.807, 2.05) is 24.5 Å². The van der Waals surface area contributed by atoms with Gasteiger partial charge in [0.25, 0.3) is 5.91 Å². The van der Waals surface area contributed by atoms with Crippen molar-refractivity contribution in [3.8, 4) is 5.75 Å². The van der Waals surface area contributed by atoms with Crippen LogP contribution in [0.2, 0.25) is 0 Å². The fraction of sp³-hybridized carbons (Fsp3) is 0.381. The van der Waals surface area contributed by atoms with Crippen molar-refractivity contribution < 1.29 is 17.9 Å². The molecule has 29 heavy (non-hydrogen) atoms. The van der Waals surface area contributed by atoms with Gasteiger partial charge in [-0.15, -0.1) is 11.8 Å². The highest BCUT2D eigenvalue weighted by molar-refractivity contribution is 7.98. The van der Waals surface area contributed by atoms with Crippen LogP contribution in [0, 0.1) is 0 Å². The molecule has 8 heteroatoms. The van der Waals surface area contributed by atoms with E-state index in [2.05, 4.69) is 0 Å². The van der Waals surface area contributed by atoms with Crippen molar-refractivity contribution in [3.63, 3.8) is 0 Å². The summed E-state index contributed by atoms with van der Waals surface area (Å²) in [5.74, 6) is 0.536. The van der Waals surface area contributed by atoms with Crippen LogP contribution in [-0.2, 0) is 16.6 Å². The number of ether oxygens (including phenoxy) is 1. The normalized spacial score (nSPS) is 14.4. The summed E-state index contributed by atoms with van der Waals surface area (Å²) >= 11 is 1.45. The van der Waals surface area contributed by atoms with Crippen molar-refractivity contribution >= 4 is 27.7 Å². The molecule has 1 aliphatic rings. The van der Waals surface area contributed by atoms with E-state index < -0.39 is 10.0 Å². The molecule has 6 nitrogen and oxygen atoms in total. The molecule has 0 unspecified atom stereocenters. The molecule has 1 heterocycles. The van der Waals surface area contributed by atoms with Crippen LogP contribution in [0.15, 0.2) is 52.3 Å². The van der Waals surface area contributed by atoms with E-state index in [4.69, 9.17) is 4.74 Å². The summed E-state index contributed by atoms with van der Waals surface area (Å²) in [6.45, 7) is 1.61. The van der Waals surface area contributed by atoms with Crippen LogP contribution >= 0.6 is 11.8 Å². The number of methoxy groups -OCH3 is 1. The maximum absolute atomic E-state index is 13.2. The Kier molecular flexibility index (Phi) is 6.87. The minimum atomic E-state index is -3.77. The Balaban J connectivity index is 1.91. The van der Waals surface area contributed by atoms with Crippen molar-refractivity contribution in [2.24, 2.45) is 0 Å². The maximum Gasteiger partial charge on any atom is 0.255 e. The van der Waals surface area contributed by atoms with Gasteiger partial charge in [0, 0.05) is 37.1 Å². The van der Waals surface area contributed by atoms with E-state index in [1.165, 1.54) is 29.2 Å². The highest BCUT2D eigenvalue weighted by atomic mass is 32.2. The Hall–Kier alpha value is -2.03. The number of nitrogens with zero attached hydrogens (tertiary/aromatic N) is 2. The zero-order valence-electron chi connectivity index (χ0n) is 16.9. The molecular formula is C21H26N2O4S2. The van der Waals surface area contributed by atoms with Crippen LogP contribution in [0.25, 0.3) is 0 Å². The highest BCUT2D eigenvalue weighted by Crippen LogP contribution is 2.28. The third-order valence-electron chi connectivity index (χ3n) is 5.09. The molecule has 0 aliphatic carbocycles. The molecule has 0 bridgehead atoms. The number of sulfonamides is 1. The van der Waals surface area contributed by atoms with E-state index in [0.29, 0.717) is 11.3 Å². The van der Waals surface area contributed by atoms with Crippen LogP contribution in [0.3, 0.4) is 0 Å². The summed E-state index contributed by atoms with van der Waals surface area (Å²) in [4.78, 5) is 15.6. The molecule has 0 saturated carbocycles. The monoisotopic (exact) mass is 434 g/mol. The molecule has 0 atom stereocenters. The minimum Gasteiger partial charge on any atom is -0.496 e. The van der Waals surface area contributed by atoms with E-state index in [9.17, 15) is 13.2 Å². The molecule has 1 fully saturated rings. The number of hydrogen-bond acceptors (Lipinski definition) is 5. The van der Waals surface area contributed by atoms with Gasteiger partial charge in [0.2, 0.25) is 10.0 Å². The minimum absolute atomic E-state index is 0.101. The van der Waals surface area contributed by atoms with E-state index >= 15 is 0 Å². The lowest BCUT2D eigenvalue weighted by molar-refractivity contribution is 0.0789. The first-order chi connectivity index (χ1) is 13.9. The average molecular weight is 435 g/mol. The van der Waals surface area contributed by atoms with Gasteiger partial charge in [-0.3, -0.25) is 4.79 Å². The summed E-state index contributed by atoms with van der Waals surface area (Å²) in [7, 11) is -0.675. The van der Waals surface area contributed by atoms with Gasteiger partial charge in [0.1, 0.15) is 5.75 Å². The lowest BCUT2D eigenvalue weighted by Crippen LogP contribution is -2.29. The lowest BCUT2D eigenvalue weighted by Gasteiger charge is -2.21. The molecule has 2 aromatic rings. The maximum atomic E-state index is 13.2. The first-order valence-corrected chi connectivity index (χ1v) is 12.1. The quantitative estimate of drug-likeness (QED) is 0.624. The first kappa shape index (κ1) is 21.7. The molecule has 156 valence electrons. The summed E-state index contributed by atoms with van der Waals surface area (Å²) in [6, 6.07) is 12.1. The number of hydrogen-bond donors (Lipinski definition) is 0. The van der Waals surface area contributed by atoms with Gasteiger partial charge in [-0.25, -0.2) is 8.42 Å². The molecule has 0 spiro atoms. The molecule has 1 saturated heterocycles. The van der Waals surface area contributed by atoms with Gasteiger partial charge in [0.05, 0.1) is 17.6 Å². The van der Waals surface area contributed by atoms with Gasteiger partial charge in [0.15, 0.2) is 0 Å². The van der Waals surface area contributed by atoms with E-state index in [1.54, 1.807) is 30.2 Å². The summed E-state index contributed by atoms with van der Waals surface area (Å²) in [5.41, 5.74) is 1.22. The Morgan fingerprint density at radius 1 is 1.17 bits per heavy atom. The van der Waals surface area contributed by atoms with Crippen molar-refractivity contribution in [1.29, 1.82) is 0 Å². The number of rotatable bonds is 7. The SMILES string of the molecule is COc1ccccc1CN(C)S(=O)(=O)c1ccc(SC)c(C(=O)N2CCCC2)c1. The molecule has 0 aromatic heterocycles. The number of benzene rings is 2. The number of likely N-dealkylation sites (tertiary alicyclic amines) is 1. The number of carbonyl (C=O) groups is 1. The number of thioether (sulfide) groups is 1. The van der Waals surface area contributed by atoms with Crippen molar-refractivity contribution in [3.05, 3.63) is 53.6 Å². The van der Waals surface area contributed by atoms with Crippen LogP contribution in [0.5, 0.6) is 5.75 Å². The molecule has 2 aromatic carbocycles. The van der Waals surface area contributed by atoms with E-state index in [-0.39, 0.29) is 17.3 Å². The summed E-state index contributed by atoms with van der Waals surface area (Å²) in [5, 5.41) is 0. The number of amides is 1. The second kappa shape index (κ2) is 9.19. The van der Waals surface area contributed by atoms with Crippen LogP contribution in [-0.4, -0.2) is 57.0 Å². The lowest BCUT2D eigenvalue weighted by atomic mass is 10.2. The molecule has 1 amide bonds. The predicted octanol–water partition coefficient (Wildman–Crippen LogP) is 3.47. The fourth-order valence-corrected chi connectivity index (χ4v) is 5.19. The Morgan fingerprint density at radius 2 is 1.86 bits per heavy atom. The first-order valence-electron chi connectivity index (χ1n) is 9.44. The molecular weight excluding hydrogens is 408 g/mol. The Morgan fingerprint density at radius 3 is 2.52 bits per heavy atom. The number of para-hydroxylation sites is 1. The van der Waals surface area contributed by atoms with Gasteiger partial charge < -0.3 is 9.64 Å². The zero-order valence-corrected chi connectivity index (χ0v) is 18.6. The molecule has 0 radical (unpaired) electrons. The second-order valence-electron chi connectivity index (χ2n) is 6.93. The van der Waals surface area contributed by atoms with Gasteiger partial charge in [-0.05, 0) is 43.4 Å². The summed E-state index contributed by atoms with van der Waals surface area (Å²) < 4.78 is 33.0. The Bertz CT molecular complexity index is 986. The van der Waals surface area contributed by atoms with Gasteiger partial charge in [-0.2, -0.15) is 4.31 Å². The third kappa shape index (κ3) is 4.60. The van der Waals surface area contributed by atoms with Crippen LogP contribution in [0.1, 0.15) is 28.8 Å². The smallest absolute Gasteiger partial charge is 0.255 e. The predicted molar refractivity (Wildman–Crippen MR) is 115 cm³/mol. The van der Waals surface area contributed by atoms with Gasteiger partial charge in [-0.1, -0.05) is 18.2 Å².